The molecule has 0 spiro atoms. The molecule has 1 aromatic carbocycles. The highest BCUT2D eigenvalue weighted by Gasteiger charge is 2.10. The minimum atomic E-state index is 0.333. The fraction of sp³-hybridized carbons (Fsp3) is 0.417. The van der Waals surface area contributed by atoms with Gasteiger partial charge in [-0.1, -0.05) is 18.5 Å². The Hall–Kier alpha value is -1.62. The lowest BCUT2D eigenvalue weighted by Gasteiger charge is -2.13. The lowest BCUT2D eigenvalue weighted by Crippen LogP contribution is -2.23. The minimum Gasteiger partial charge on any atom is -0.495 e. The van der Waals surface area contributed by atoms with E-state index in [2.05, 4.69) is 10.3 Å². The maximum Gasteiger partial charge on any atom is 0.193 e. The zero-order valence-corrected chi connectivity index (χ0v) is 11.5. The van der Waals surface area contributed by atoms with Crippen LogP contribution < -0.4 is 20.5 Å². The molecule has 1 aromatic rings. The van der Waals surface area contributed by atoms with Crippen LogP contribution >= 0.6 is 11.6 Å². The normalized spacial score (nSPS) is 11.2. The second kappa shape index (κ2) is 6.96. The molecule has 0 aliphatic rings. The molecular weight excluding hydrogens is 254 g/mol. The second-order valence-corrected chi connectivity index (χ2v) is 3.99. The Balaban J connectivity index is 2.99. The molecule has 1 rings (SSSR count). The Labute approximate surface area is 112 Å². The zero-order chi connectivity index (χ0) is 13.5. The fourth-order valence-electron chi connectivity index (χ4n) is 1.37. The summed E-state index contributed by atoms with van der Waals surface area (Å²) in [4.78, 5) is 4.15. The van der Waals surface area contributed by atoms with Crippen LogP contribution in [0.5, 0.6) is 11.5 Å². The average molecular weight is 272 g/mol. The van der Waals surface area contributed by atoms with Crippen LogP contribution in [0.15, 0.2) is 17.1 Å². The molecule has 0 saturated heterocycles. The molecule has 0 atom stereocenters. The van der Waals surface area contributed by atoms with E-state index >= 15 is 0 Å². The van der Waals surface area contributed by atoms with Crippen molar-refractivity contribution >= 4 is 23.2 Å². The summed E-state index contributed by atoms with van der Waals surface area (Å²) in [5, 5.41) is 3.44. The van der Waals surface area contributed by atoms with Crippen molar-refractivity contribution in [3.05, 3.63) is 17.2 Å². The summed E-state index contributed by atoms with van der Waals surface area (Å²) in [5.41, 5.74) is 6.42. The highest BCUT2D eigenvalue weighted by molar-refractivity contribution is 6.32. The number of nitrogens with two attached hydrogens (primary N) is 1. The summed E-state index contributed by atoms with van der Waals surface area (Å²) in [6.45, 7) is 2.70. The Morgan fingerprint density at radius 2 is 2.00 bits per heavy atom. The zero-order valence-electron chi connectivity index (χ0n) is 10.8. The molecule has 0 bridgehead atoms. The van der Waals surface area contributed by atoms with Crippen LogP contribution in [0.1, 0.15) is 13.3 Å². The molecule has 100 valence electrons. The molecule has 0 aromatic heterocycles. The van der Waals surface area contributed by atoms with Gasteiger partial charge < -0.3 is 20.5 Å². The van der Waals surface area contributed by atoms with E-state index in [1.54, 1.807) is 26.4 Å². The minimum absolute atomic E-state index is 0.333. The van der Waals surface area contributed by atoms with E-state index in [1.807, 2.05) is 6.92 Å². The molecule has 0 heterocycles. The number of guanidine groups is 1. The number of rotatable bonds is 5. The molecule has 18 heavy (non-hydrogen) atoms. The van der Waals surface area contributed by atoms with Gasteiger partial charge >= 0.3 is 0 Å². The van der Waals surface area contributed by atoms with Gasteiger partial charge in [-0.15, -0.1) is 0 Å². The van der Waals surface area contributed by atoms with Gasteiger partial charge in [0.15, 0.2) is 5.96 Å². The molecule has 0 radical (unpaired) electrons. The number of halogens is 1. The first-order valence-corrected chi connectivity index (χ1v) is 5.98. The van der Waals surface area contributed by atoms with Crippen molar-refractivity contribution in [3.8, 4) is 11.5 Å². The van der Waals surface area contributed by atoms with Crippen LogP contribution in [-0.4, -0.2) is 26.7 Å². The van der Waals surface area contributed by atoms with Crippen molar-refractivity contribution in [1.29, 1.82) is 0 Å². The highest BCUT2D eigenvalue weighted by atomic mass is 35.5. The number of nitrogens with zero attached hydrogens (tertiary/aromatic N) is 1. The largest absolute Gasteiger partial charge is 0.495 e. The predicted octanol–water partition coefficient (Wildman–Crippen LogP) is 2.49. The van der Waals surface area contributed by atoms with E-state index in [9.17, 15) is 0 Å². The van der Waals surface area contributed by atoms with Crippen molar-refractivity contribution in [2.75, 3.05) is 26.1 Å². The standard InChI is InChI=1S/C12H18ClN3O2/c1-4-5-15-12(14)16-9-7-10(17-2)8(13)6-11(9)18-3/h6-7H,4-5H2,1-3H3,(H3,14,15,16). The summed E-state index contributed by atoms with van der Waals surface area (Å²) < 4.78 is 10.4. The summed E-state index contributed by atoms with van der Waals surface area (Å²) in [6.07, 6.45) is 0.934. The molecule has 0 aliphatic heterocycles. The van der Waals surface area contributed by atoms with Gasteiger partial charge in [0.2, 0.25) is 0 Å². The molecule has 5 nitrogen and oxygen atoms in total. The number of methoxy groups -OCH3 is 2. The number of benzene rings is 1. The first-order valence-electron chi connectivity index (χ1n) is 5.60. The summed E-state index contributed by atoms with van der Waals surface area (Å²) in [5.74, 6) is 1.46. The van der Waals surface area contributed by atoms with Gasteiger partial charge in [-0.2, -0.15) is 0 Å². The van der Waals surface area contributed by atoms with Crippen LogP contribution in [0.3, 0.4) is 0 Å². The Bertz CT molecular complexity index is 436. The van der Waals surface area contributed by atoms with E-state index in [-0.39, 0.29) is 0 Å². The van der Waals surface area contributed by atoms with Crippen LogP contribution in [0.25, 0.3) is 0 Å². The number of nitrogens with one attached hydrogen (secondary N) is 1. The van der Waals surface area contributed by atoms with Crippen LogP contribution in [0.4, 0.5) is 5.69 Å². The third-order valence-electron chi connectivity index (χ3n) is 2.24. The number of aliphatic imine (C=N–C) groups is 1. The van der Waals surface area contributed by atoms with Gasteiger partial charge in [0, 0.05) is 18.7 Å². The van der Waals surface area contributed by atoms with Crippen molar-refractivity contribution in [2.45, 2.75) is 13.3 Å². The van der Waals surface area contributed by atoms with Gasteiger partial charge in [-0.3, -0.25) is 4.99 Å². The Kier molecular flexibility index (Phi) is 5.58. The molecule has 0 saturated carbocycles. The fourth-order valence-corrected chi connectivity index (χ4v) is 1.60. The van der Waals surface area contributed by atoms with Gasteiger partial charge in [-0.05, 0) is 6.42 Å². The SMILES string of the molecule is CCCN=C(N)Nc1cc(OC)c(Cl)cc1OC. The first-order chi connectivity index (χ1) is 8.62. The average Bonchev–Trinajstić information content (AvgIpc) is 2.37. The Morgan fingerprint density at radius 3 is 2.56 bits per heavy atom. The maximum absolute atomic E-state index is 6.01. The quantitative estimate of drug-likeness (QED) is 0.638. The number of hydrogen-bond donors (Lipinski definition) is 2. The van der Waals surface area contributed by atoms with Gasteiger partial charge in [-0.25, -0.2) is 0 Å². The van der Waals surface area contributed by atoms with Crippen molar-refractivity contribution in [3.63, 3.8) is 0 Å². The highest BCUT2D eigenvalue weighted by Crippen LogP contribution is 2.35. The molecule has 6 heteroatoms. The third kappa shape index (κ3) is 3.70. The number of anilines is 1. The molecule has 0 fully saturated rings. The van der Waals surface area contributed by atoms with Crippen LogP contribution in [0.2, 0.25) is 5.02 Å². The van der Waals surface area contributed by atoms with E-state index in [1.165, 1.54) is 0 Å². The van der Waals surface area contributed by atoms with Gasteiger partial charge in [0.05, 0.1) is 24.9 Å². The summed E-state index contributed by atoms with van der Waals surface area (Å²) in [6, 6.07) is 3.38. The smallest absolute Gasteiger partial charge is 0.193 e. The van der Waals surface area contributed by atoms with Crippen molar-refractivity contribution < 1.29 is 9.47 Å². The summed E-state index contributed by atoms with van der Waals surface area (Å²) >= 11 is 6.01. The molecule has 0 unspecified atom stereocenters. The van der Waals surface area contributed by atoms with Crippen LogP contribution in [0, 0.1) is 0 Å². The number of hydrogen-bond acceptors (Lipinski definition) is 3. The van der Waals surface area contributed by atoms with Gasteiger partial charge in [0.25, 0.3) is 0 Å². The van der Waals surface area contributed by atoms with E-state index in [0.717, 1.165) is 6.42 Å². The second-order valence-electron chi connectivity index (χ2n) is 3.58. The molecule has 3 N–H and O–H groups in total. The molecule has 0 aliphatic carbocycles. The van der Waals surface area contributed by atoms with Crippen molar-refractivity contribution in [2.24, 2.45) is 10.7 Å². The van der Waals surface area contributed by atoms with Crippen molar-refractivity contribution in [1.82, 2.24) is 0 Å². The van der Waals surface area contributed by atoms with Crippen LogP contribution in [-0.2, 0) is 0 Å². The van der Waals surface area contributed by atoms with E-state index in [4.69, 9.17) is 26.8 Å². The lowest BCUT2D eigenvalue weighted by atomic mass is 10.2. The Morgan fingerprint density at radius 1 is 1.33 bits per heavy atom. The first kappa shape index (κ1) is 14.4. The van der Waals surface area contributed by atoms with E-state index in [0.29, 0.717) is 34.7 Å². The molecular formula is C12H18ClN3O2. The number of ether oxygens (including phenoxy) is 2. The topological polar surface area (TPSA) is 68.9 Å². The maximum atomic E-state index is 6.01. The summed E-state index contributed by atoms with van der Waals surface area (Å²) in [7, 11) is 3.11. The molecule has 0 amide bonds. The monoisotopic (exact) mass is 271 g/mol. The predicted molar refractivity (Wildman–Crippen MR) is 75.0 cm³/mol. The van der Waals surface area contributed by atoms with Gasteiger partial charge in [0.1, 0.15) is 11.5 Å². The van der Waals surface area contributed by atoms with E-state index < -0.39 is 0 Å². The third-order valence-corrected chi connectivity index (χ3v) is 2.54. The lowest BCUT2D eigenvalue weighted by molar-refractivity contribution is 0.405.